The molecule has 1 heterocycles. The fourth-order valence-corrected chi connectivity index (χ4v) is 2.64. The molecule has 24 heavy (non-hydrogen) atoms. The lowest BCUT2D eigenvalue weighted by atomic mass is 9.86. The van der Waals surface area contributed by atoms with Gasteiger partial charge in [0.2, 0.25) is 0 Å². The third-order valence-corrected chi connectivity index (χ3v) is 3.90. The Balaban J connectivity index is 1.70. The van der Waals surface area contributed by atoms with Crippen LogP contribution in [0.3, 0.4) is 0 Å². The fraction of sp³-hybridized carbons (Fsp3) is 0.474. The van der Waals surface area contributed by atoms with Crippen LogP contribution in [0.25, 0.3) is 0 Å². The van der Waals surface area contributed by atoms with Gasteiger partial charge in [0.15, 0.2) is 5.96 Å². The van der Waals surface area contributed by atoms with Crippen LogP contribution in [0, 0.1) is 5.41 Å². The van der Waals surface area contributed by atoms with Crippen LogP contribution >= 0.6 is 0 Å². The van der Waals surface area contributed by atoms with E-state index >= 15 is 0 Å². The largest absolute Gasteiger partial charge is 0.356 e. The van der Waals surface area contributed by atoms with Gasteiger partial charge in [0.05, 0.1) is 0 Å². The maximum absolute atomic E-state index is 4.30. The van der Waals surface area contributed by atoms with Crippen molar-refractivity contribution in [2.45, 2.75) is 33.2 Å². The highest BCUT2D eigenvalue weighted by Gasteiger charge is 2.18. The molecule has 0 aliphatic heterocycles. The average Bonchev–Trinajstić information content (AvgIpc) is 3.08. The molecule has 1 aromatic heterocycles. The summed E-state index contributed by atoms with van der Waals surface area (Å²) in [6, 6.07) is 12.6. The number of aromatic nitrogens is 2. The Hall–Kier alpha value is -2.30. The maximum atomic E-state index is 4.30. The molecule has 0 radical (unpaired) electrons. The molecule has 2 rings (SSSR count). The molecule has 5 heteroatoms. The van der Waals surface area contributed by atoms with Gasteiger partial charge in [-0.1, -0.05) is 44.2 Å². The van der Waals surface area contributed by atoms with Crippen LogP contribution < -0.4 is 10.6 Å². The lowest BCUT2D eigenvalue weighted by molar-refractivity contribution is 0.359. The van der Waals surface area contributed by atoms with Crippen molar-refractivity contribution in [3.63, 3.8) is 0 Å². The first-order valence-electron chi connectivity index (χ1n) is 8.55. The minimum absolute atomic E-state index is 0.161. The van der Waals surface area contributed by atoms with E-state index in [0.29, 0.717) is 0 Å². The molecule has 0 amide bonds. The Morgan fingerprint density at radius 2 is 1.96 bits per heavy atom. The number of hydrogen-bond acceptors (Lipinski definition) is 2. The summed E-state index contributed by atoms with van der Waals surface area (Å²) < 4.78 is 1.95. The normalized spacial score (nSPS) is 12.2. The second kappa shape index (κ2) is 9.11. The molecule has 0 aliphatic carbocycles. The molecule has 0 bridgehead atoms. The van der Waals surface area contributed by atoms with Gasteiger partial charge in [0.25, 0.3) is 0 Å². The highest BCUT2D eigenvalue weighted by Crippen LogP contribution is 2.20. The van der Waals surface area contributed by atoms with E-state index in [1.165, 1.54) is 5.56 Å². The highest BCUT2D eigenvalue weighted by atomic mass is 15.3. The molecule has 130 valence electrons. The third kappa shape index (κ3) is 6.44. The number of benzene rings is 1. The van der Waals surface area contributed by atoms with Crippen LogP contribution in [0.2, 0.25) is 0 Å². The van der Waals surface area contributed by atoms with Crippen LogP contribution in [-0.4, -0.2) is 35.9 Å². The summed E-state index contributed by atoms with van der Waals surface area (Å²) in [5.41, 5.74) is 1.53. The van der Waals surface area contributed by atoms with Gasteiger partial charge < -0.3 is 10.6 Å². The summed E-state index contributed by atoms with van der Waals surface area (Å²) in [5, 5.41) is 11.0. The third-order valence-electron chi connectivity index (χ3n) is 3.90. The summed E-state index contributed by atoms with van der Waals surface area (Å²) in [7, 11) is 1.81. The molecule has 2 aromatic rings. The quantitative estimate of drug-likeness (QED) is 0.445. The number of guanidine groups is 1. The van der Waals surface area contributed by atoms with E-state index in [4.69, 9.17) is 0 Å². The number of hydrogen-bond donors (Lipinski definition) is 2. The van der Waals surface area contributed by atoms with E-state index in [-0.39, 0.29) is 5.41 Å². The minimum atomic E-state index is 0.161. The molecule has 0 saturated carbocycles. The van der Waals surface area contributed by atoms with E-state index < -0.39 is 0 Å². The van der Waals surface area contributed by atoms with Gasteiger partial charge in [-0.3, -0.25) is 9.67 Å². The summed E-state index contributed by atoms with van der Waals surface area (Å²) in [6.07, 6.45) is 5.84. The van der Waals surface area contributed by atoms with E-state index in [0.717, 1.165) is 38.4 Å². The van der Waals surface area contributed by atoms with Gasteiger partial charge in [-0.05, 0) is 29.9 Å². The summed E-state index contributed by atoms with van der Waals surface area (Å²) in [5.74, 6) is 0.858. The van der Waals surface area contributed by atoms with E-state index in [2.05, 4.69) is 64.9 Å². The van der Waals surface area contributed by atoms with Crippen LogP contribution in [0.4, 0.5) is 0 Å². The van der Waals surface area contributed by atoms with Crippen molar-refractivity contribution in [1.29, 1.82) is 0 Å². The van der Waals surface area contributed by atoms with Crippen LogP contribution in [0.5, 0.6) is 0 Å². The Morgan fingerprint density at radius 3 is 2.62 bits per heavy atom. The molecule has 2 N–H and O–H groups in total. The number of nitrogens with one attached hydrogen (secondary N) is 2. The van der Waals surface area contributed by atoms with Gasteiger partial charge >= 0.3 is 0 Å². The Labute approximate surface area is 145 Å². The van der Waals surface area contributed by atoms with Crippen LogP contribution in [0.15, 0.2) is 53.8 Å². The number of aryl methyl sites for hydroxylation is 1. The molecule has 0 spiro atoms. The first-order valence-corrected chi connectivity index (χ1v) is 8.55. The molecule has 1 aromatic carbocycles. The lowest BCUT2D eigenvalue weighted by Gasteiger charge is -2.26. The van der Waals surface area contributed by atoms with E-state index in [1.807, 2.05) is 30.2 Å². The number of nitrogens with zero attached hydrogens (tertiary/aromatic N) is 3. The lowest BCUT2D eigenvalue weighted by Crippen LogP contribution is -2.43. The van der Waals surface area contributed by atoms with Crippen molar-refractivity contribution < 1.29 is 0 Å². The van der Waals surface area contributed by atoms with Gasteiger partial charge in [-0.25, -0.2) is 0 Å². The zero-order chi connectivity index (χ0) is 17.3. The van der Waals surface area contributed by atoms with Crippen LogP contribution in [0.1, 0.15) is 25.8 Å². The van der Waals surface area contributed by atoms with E-state index in [1.54, 1.807) is 0 Å². The smallest absolute Gasteiger partial charge is 0.190 e. The van der Waals surface area contributed by atoms with Crippen LogP contribution in [-0.2, 0) is 13.0 Å². The number of aliphatic imine (C=N–C) groups is 1. The zero-order valence-electron chi connectivity index (χ0n) is 15.0. The predicted octanol–water partition coefficient (Wildman–Crippen LogP) is 2.71. The van der Waals surface area contributed by atoms with Gasteiger partial charge in [-0.2, -0.15) is 5.10 Å². The van der Waals surface area contributed by atoms with E-state index in [9.17, 15) is 0 Å². The summed E-state index contributed by atoms with van der Waals surface area (Å²) in [4.78, 5) is 4.30. The standard InChI is InChI=1S/C19H29N5/c1-19(2,15-17-9-5-4-6-10-17)16-22-18(20-3)21-11-7-13-24-14-8-12-23-24/h4-6,8-10,12,14H,7,11,13,15-16H2,1-3H3,(H2,20,21,22). The SMILES string of the molecule is CN=C(NCCCn1cccn1)NCC(C)(C)Cc1ccccc1. The topological polar surface area (TPSA) is 54.2 Å². The molecule has 0 atom stereocenters. The average molecular weight is 327 g/mol. The summed E-state index contributed by atoms with van der Waals surface area (Å²) >= 11 is 0. The van der Waals surface area contributed by atoms with Crippen molar-refractivity contribution in [1.82, 2.24) is 20.4 Å². The molecule has 5 nitrogen and oxygen atoms in total. The van der Waals surface area contributed by atoms with Crippen molar-refractivity contribution in [2.24, 2.45) is 10.4 Å². The zero-order valence-corrected chi connectivity index (χ0v) is 15.0. The van der Waals surface area contributed by atoms with Crippen molar-refractivity contribution in [3.8, 4) is 0 Å². The Kier molecular flexibility index (Phi) is 6.85. The maximum Gasteiger partial charge on any atom is 0.190 e. The predicted molar refractivity (Wildman–Crippen MR) is 100 cm³/mol. The Morgan fingerprint density at radius 1 is 1.17 bits per heavy atom. The Bertz CT molecular complexity index is 602. The van der Waals surface area contributed by atoms with Crippen molar-refractivity contribution >= 4 is 5.96 Å². The van der Waals surface area contributed by atoms with Gasteiger partial charge in [-0.15, -0.1) is 0 Å². The first kappa shape index (κ1) is 18.0. The molecule has 0 unspecified atom stereocenters. The number of rotatable bonds is 8. The molecule has 0 saturated heterocycles. The molecule has 0 aliphatic rings. The second-order valence-electron chi connectivity index (χ2n) is 6.80. The van der Waals surface area contributed by atoms with Gasteiger partial charge in [0.1, 0.15) is 0 Å². The molecule has 0 fully saturated rings. The molecular weight excluding hydrogens is 298 g/mol. The first-order chi connectivity index (χ1) is 11.6. The summed E-state index contributed by atoms with van der Waals surface area (Å²) in [6.45, 7) is 7.21. The van der Waals surface area contributed by atoms with Crippen molar-refractivity contribution in [3.05, 3.63) is 54.4 Å². The minimum Gasteiger partial charge on any atom is -0.356 e. The molecular formula is C19H29N5. The van der Waals surface area contributed by atoms with Gasteiger partial charge in [0, 0.05) is 39.1 Å². The monoisotopic (exact) mass is 327 g/mol. The highest BCUT2D eigenvalue weighted by molar-refractivity contribution is 5.79. The second-order valence-corrected chi connectivity index (χ2v) is 6.80. The fourth-order valence-electron chi connectivity index (χ4n) is 2.64. The van der Waals surface area contributed by atoms with Crippen molar-refractivity contribution in [2.75, 3.05) is 20.1 Å².